The van der Waals surface area contributed by atoms with Crippen LogP contribution in [0.2, 0.25) is 0 Å². The number of nitrogens with one attached hydrogen (secondary N) is 1. The van der Waals surface area contributed by atoms with E-state index in [4.69, 9.17) is 10.5 Å². The number of hydrogen-bond donors (Lipinski definition) is 2. The highest BCUT2D eigenvalue weighted by molar-refractivity contribution is 5.81. The molecule has 3 N–H and O–H groups in total. The molecule has 1 amide bonds. The fourth-order valence-electron chi connectivity index (χ4n) is 1.46. The predicted molar refractivity (Wildman–Crippen MR) is 50.2 cm³/mol. The van der Waals surface area contributed by atoms with Crippen LogP contribution >= 0.6 is 0 Å². The monoisotopic (exact) mass is 186 g/mol. The van der Waals surface area contributed by atoms with Gasteiger partial charge in [-0.1, -0.05) is 0 Å². The van der Waals surface area contributed by atoms with Crippen molar-refractivity contribution in [2.24, 2.45) is 5.73 Å². The summed E-state index contributed by atoms with van der Waals surface area (Å²) < 4.78 is 5.48. The molecule has 13 heavy (non-hydrogen) atoms. The highest BCUT2D eigenvalue weighted by Crippen LogP contribution is 2.24. The molecular weight excluding hydrogens is 168 g/mol. The fraction of sp³-hybridized carbons (Fsp3) is 0.889. The Bertz CT molecular complexity index is 202. The molecule has 1 unspecified atom stereocenters. The first-order chi connectivity index (χ1) is 5.91. The Morgan fingerprint density at radius 2 is 2.31 bits per heavy atom. The van der Waals surface area contributed by atoms with Gasteiger partial charge in [0.15, 0.2) is 0 Å². The van der Waals surface area contributed by atoms with Gasteiger partial charge in [-0.25, -0.2) is 0 Å². The Hall–Kier alpha value is -0.610. The van der Waals surface area contributed by atoms with Gasteiger partial charge < -0.3 is 15.8 Å². The van der Waals surface area contributed by atoms with Gasteiger partial charge in [0.25, 0.3) is 0 Å². The number of rotatable bonds is 2. The van der Waals surface area contributed by atoms with Crippen LogP contribution in [0.1, 0.15) is 27.2 Å². The second kappa shape index (κ2) is 3.64. The molecule has 0 aromatic rings. The van der Waals surface area contributed by atoms with Crippen LogP contribution < -0.4 is 11.1 Å². The second-order valence-corrected chi connectivity index (χ2v) is 4.27. The minimum absolute atomic E-state index is 0.105. The highest BCUT2D eigenvalue weighted by Gasteiger charge is 2.32. The molecule has 0 radical (unpaired) electrons. The lowest BCUT2D eigenvalue weighted by Gasteiger charge is -2.16. The zero-order chi connectivity index (χ0) is 10.1. The zero-order valence-corrected chi connectivity index (χ0v) is 8.46. The second-order valence-electron chi connectivity index (χ2n) is 4.27. The topological polar surface area (TPSA) is 64.4 Å². The minimum Gasteiger partial charge on any atom is -0.373 e. The van der Waals surface area contributed by atoms with E-state index in [-0.39, 0.29) is 17.6 Å². The Kier molecular flexibility index (Phi) is 2.93. The maximum Gasteiger partial charge on any atom is 0.236 e. The van der Waals surface area contributed by atoms with Crippen LogP contribution in [0.4, 0.5) is 0 Å². The van der Waals surface area contributed by atoms with Crippen molar-refractivity contribution in [3.63, 3.8) is 0 Å². The third-order valence-corrected chi connectivity index (χ3v) is 2.17. The van der Waals surface area contributed by atoms with Crippen molar-refractivity contribution >= 4 is 5.91 Å². The van der Waals surface area contributed by atoms with Crippen molar-refractivity contribution in [2.45, 2.75) is 44.9 Å². The fourth-order valence-corrected chi connectivity index (χ4v) is 1.46. The van der Waals surface area contributed by atoms with Crippen LogP contribution in [-0.4, -0.2) is 30.2 Å². The lowest BCUT2D eigenvalue weighted by atomic mass is 10.0. The van der Waals surface area contributed by atoms with E-state index < -0.39 is 6.04 Å². The average Bonchev–Trinajstić information content (AvgIpc) is 2.30. The highest BCUT2D eigenvalue weighted by atomic mass is 16.5. The number of carbonyl (C=O) groups is 1. The third kappa shape index (κ3) is 2.97. The Morgan fingerprint density at radius 1 is 1.69 bits per heavy atom. The van der Waals surface area contributed by atoms with Crippen molar-refractivity contribution in [3.8, 4) is 0 Å². The largest absolute Gasteiger partial charge is 0.373 e. The van der Waals surface area contributed by atoms with E-state index in [2.05, 4.69) is 5.32 Å². The number of hydrogen-bond acceptors (Lipinski definition) is 3. The third-order valence-electron chi connectivity index (χ3n) is 2.17. The summed E-state index contributed by atoms with van der Waals surface area (Å²) >= 11 is 0. The number of carbonyl (C=O) groups excluding carboxylic acids is 1. The van der Waals surface area contributed by atoms with Crippen LogP contribution in [0.3, 0.4) is 0 Å². The first-order valence-corrected chi connectivity index (χ1v) is 4.61. The first-order valence-electron chi connectivity index (χ1n) is 4.61. The van der Waals surface area contributed by atoms with Gasteiger partial charge in [-0.05, 0) is 27.2 Å². The van der Waals surface area contributed by atoms with Gasteiger partial charge in [0.2, 0.25) is 5.91 Å². The molecule has 76 valence electrons. The Labute approximate surface area is 78.8 Å². The molecule has 1 fully saturated rings. The van der Waals surface area contributed by atoms with Gasteiger partial charge >= 0.3 is 0 Å². The lowest BCUT2D eigenvalue weighted by Crippen LogP contribution is -2.44. The van der Waals surface area contributed by atoms with Gasteiger partial charge in [-0.3, -0.25) is 4.79 Å². The maximum atomic E-state index is 11.2. The lowest BCUT2D eigenvalue weighted by molar-refractivity contribution is -0.122. The summed E-state index contributed by atoms with van der Waals surface area (Å²) in [5, 5.41) is 2.84. The summed E-state index contributed by atoms with van der Waals surface area (Å²) in [5.74, 6) is -0.105. The molecule has 4 nitrogen and oxygen atoms in total. The number of amides is 1. The molecule has 1 saturated heterocycles. The van der Waals surface area contributed by atoms with Crippen LogP contribution in [0.5, 0.6) is 0 Å². The standard InChI is InChI=1S/C9H18N2O2/c1-6(10)8(12)11-7-4-9(2,3)13-5-7/h6-7H,4-5,10H2,1-3H3,(H,11,12)/t6-,7?/m0/s1. The molecule has 1 rings (SSSR count). The van der Waals surface area contributed by atoms with Crippen LogP contribution in [-0.2, 0) is 9.53 Å². The predicted octanol–water partition coefficient (Wildman–Crippen LogP) is 0.0173. The molecule has 0 spiro atoms. The van der Waals surface area contributed by atoms with Gasteiger partial charge in [0.05, 0.1) is 24.3 Å². The van der Waals surface area contributed by atoms with E-state index in [9.17, 15) is 4.79 Å². The van der Waals surface area contributed by atoms with E-state index in [1.54, 1.807) is 6.92 Å². The summed E-state index contributed by atoms with van der Waals surface area (Å²) in [4.78, 5) is 11.2. The molecule has 4 heteroatoms. The summed E-state index contributed by atoms with van der Waals surface area (Å²) in [6.07, 6.45) is 0.853. The molecule has 1 aliphatic heterocycles. The summed E-state index contributed by atoms with van der Waals surface area (Å²) in [5.41, 5.74) is 5.31. The Morgan fingerprint density at radius 3 is 2.69 bits per heavy atom. The molecule has 0 bridgehead atoms. The number of nitrogens with two attached hydrogens (primary N) is 1. The number of ether oxygens (including phenoxy) is 1. The van der Waals surface area contributed by atoms with Crippen molar-refractivity contribution in [1.82, 2.24) is 5.32 Å². The van der Waals surface area contributed by atoms with E-state index >= 15 is 0 Å². The van der Waals surface area contributed by atoms with E-state index in [0.29, 0.717) is 6.61 Å². The summed E-state index contributed by atoms with van der Waals surface area (Å²) in [6.45, 7) is 6.30. The van der Waals surface area contributed by atoms with E-state index in [1.165, 1.54) is 0 Å². The summed E-state index contributed by atoms with van der Waals surface area (Å²) in [6, 6.07) is -0.322. The SMILES string of the molecule is C[C@H](N)C(=O)NC1COC(C)(C)C1. The molecule has 0 aromatic heterocycles. The van der Waals surface area contributed by atoms with Crippen LogP contribution in [0.25, 0.3) is 0 Å². The molecule has 2 atom stereocenters. The Balaban J connectivity index is 2.37. The first kappa shape index (κ1) is 10.5. The van der Waals surface area contributed by atoms with Gasteiger partial charge in [-0.15, -0.1) is 0 Å². The summed E-state index contributed by atoms with van der Waals surface area (Å²) in [7, 11) is 0. The normalized spacial score (nSPS) is 28.5. The van der Waals surface area contributed by atoms with Crippen molar-refractivity contribution in [1.29, 1.82) is 0 Å². The smallest absolute Gasteiger partial charge is 0.236 e. The maximum absolute atomic E-state index is 11.2. The molecule has 1 heterocycles. The van der Waals surface area contributed by atoms with Gasteiger partial charge in [0, 0.05) is 0 Å². The van der Waals surface area contributed by atoms with Crippen molar-refractivity contribution in [3.05, 3.63) is 0 Å². The van der Waals surface area contributed by atoms with Crippen LogP contribution in [0, 0.1) is 0 Å². The average molecular weight is 186 g/mol. The van der Waals surface area contributed by atoms with Crippen molar-refractivity contribution < 1.29 is 9.53 Å². The van der Waals surface area contributed by atoms with E-state index in [0.717, 1.165) is 6.42 Å². The van der Waals surface area contributed by atoms with E-state index in [1.807, 2.05) is 13.8 Å². The molecule has 1 aliphatic rings. The molecular formula is C9H18N2O2. The zero-order valence-electron chi connectivity index (χ0n) is 8.46. The van der Waals surface area contributed by atoms with Crippen LogP contribution in [0.15, 0.2) is 0 Å². The van der Waals surface area contributed by atoms with Gasteiger partial charge in [-0.2, -0.15) is 0 Å². The molecule has 0 aromatic carbocycles. The van der Waals surface area contributed by atoms with Crippen molar-refractivity contribution in [2.75, 3.05) is 6.61 Å². The molecule has 0 saturated carbocycles. The molecule has 0 aliphatic carbocycles. The quantitative estimate of drug-likeness (QED) is 0.639. The minimum atomic E-state index is -0.441. The van der Waals surface area contributed by atoms with Gasteiger partial charge in [0.1, 0.15) is 0 Å².